The van der Waals surface area contributed by atoms with Crippen molar-refractivity contribution in [2.45, 2.75) is 44.1 Å². The molecule has 2 aromatic carbocycles. The Hall–Kier alpha value is -3.48. The Morgan fingerprint density at radius 1 is 0.765 bits per heavy atom. The van der Waals surface area contributed by atoms with Crippen molar-refractivity contribution in [1.29, 1.82) is 0 Å². The zero-order valence-electron chi connectivity index (χ0n) is 19.4. The fourth-order valence-corrected chi connectivity index (χ4v) is 5.11. The lowest BCUT2D eigenvalue weighted by molar-refractivity contribution is -0.133. The molecule has 2 aliphatic rings. The molecule has 7 nitrogen and oxygen atoms in total. The average molecular weight is 458 g/mol. The number of hydrogen-bond donors (Lipinski definition) is 0. The molecule has 0 N–H and O–H groups in total. The van der Waals surface area contributed by atoms with Crippen LogP contribution in [0.25, 0.3) is 0 Å². The van der Waals surface area contributed by atoms with Gasteiger partial charge in [-0.1, -0.05) is 65.9 Å². The monoisotopic (exact) mass is 457 g/mol. The Morgan fingerprint density at radius 3 is 1.94 bits per heavy atom. The Bertz CT molecular complexity index is 1060. The first kappa shape index (κ1) is 22.3. The van der Waals surface area contributed by atoms with E-state index in [1.807, 2.05) is 75.1 Å². The highest BCUT2D eigenvalue weighted by Crippen LogP contribution is 2.30. The second-order valence-corrected chi connectivity index (χ2v) is 9.25. The standard InChI is InChI=1S/C27H31N5O2/c33-26(30-16-8-3-9-17-30)24-20-32(29-28-24)23-14-18-31(19-15-23)27(34)25(21-10-4-1-5-11-21)22-12-6-2-7-13-22/h1-2,4-7,10-13,20,23,25H,3,8-9,14-19H2. The van der Waals surface area contributed by atoms with Crippen molar-refractivity contribution >= 4 is 11.8 Å². The van der Waals surface area contributed by atoms with E-state index < -0.39 is 0 Å². The predicted molar refractivity (Wildman–Crippen MR) is 129 cm³/mol. The minimum atomic E-state index is -0.306. The Kier molecular flexibility index (Phi) is 6.70. The fraction of sp³-hybridized carbons (Fsp3) is 0.407. The summed E-state index contributed by atoms with van der Waals surface area (Å²) >= 11 is 0. The van der Waals surface area contributed by atoms with Gasteiger partial charge in [0.05, 0.1) is 18.2 Å². The van der Waals surface area contributed by atoms with Crippen molar-refractivity contribution < 1.29 is 9.59 Å². The molecule has 0 unspecified atom stereocenters. The molecule has 0 aliphatic carbocycles. The predicted octanol–water partition coefficient (Wildman–Crippen LogP) is 3.90. The molecular formula is C27H31N5O2. The van der Waals surface area contributed by atoms with Crippen molar-refractivity contribution in [3.63, 3.8) is 0 Å². The third kappa shape index (κ3) is 4.74. The minimum Gasteiger partial charge on any atom is -0.342 e. The van der Waals surface area contributed by atoms with Crippen LogP contribution in [0.2, 0.25) is 0 Å². The molecule has 176 valence electrons. The van der Waals surface area contributed by atoms with E-state index in [9.17, 15) is 9.59 Å². The van der Waals surface area contributed by atoms with Gasteiger partial charge >= 0.3 is 0 Å². The normalized spacial score (nSPS) is 17.2. The van der Waals surface area contributed by atoms with Gasteiger partial charge in [-0.25, -0.2) is 4.68 Å². The second-order valence-electron chi connectivity index (χ2n) is 9.25. The van der Waals surface area contributed by atoms with E-state index in [4.69, 9.17) is 0 Å². The van der Waals surface area contributed by atoms with Crippen LogP contribution in [0.3, 0.4) is 0 Å². The van der Waals surface area contributed by atoms with Gasteiger partial charge in [0, 0.05) is 26.2 Å². The number of rotatable bonds is 5. The van der Waals surface area contributed by atoms with E-state index in [0.29, 0.717) is 18.8 Å². The molecule has 0 atom stereocenters. The molecule has 1 aromatic heterocycles. The number of likely N-dealkylation sites (tertiary alicyclic amines) is 2. The lowest BCUT2D eigenvalue weighted by atomic mass is 9.89. The van der Waals surface area contributed by atoms with Gasteiger partial charge in [-0.15, -0.1) is 5.10 Å². The molecule has 2 saturated heterocycles. The highest BCUT2D eigenvalue weighted by Gasteiger charge is 2.31. The molecule has 2 amide bonds. The van der Waals surface area contributed by atoms with Crippen molar-refractivity contribution in [1.82, 2.24) is 24.8 Å². The Balaban J connectivity index is 1.25. The van der Waals surface area contributed by atoms with Crippen LogP contribution in [0.5, 0.6) is 0 Å². The molecule has 0 spiro atoms. The minimum absolute atomic E-state index is 0.0212. The van der Waals surface area contributed by atoms with Crippen LogP contribution in [0.15, 0.2) is 66.9 Å². The zero-order valence-corrected chi connectivity index (χ0v) is 19.4. The summed E-state index contributed by atoms with van der Waals surface area (Å²) < 4.78 is 1.82. The highest BCUT2D eigenvalue weighted by atomic mass is 16.2. The first-order valence-electron chi connectivity index (χ1n) is 12.3. The first-order chi connectivity index (χ1) is 16.7. The summed E-state index contributed by atoms with van der Waals surface area (Å²) in [4.78, 5) is 30.2. The molecule has 0 radical (unpaired) electrons. The van der Waals surface area contributed by atoms with Gasteiger partial charge in [0.1, 0.15) is 0 Å². The first-order valence-corrected chi connectivity index (χ1v) is 12.3. The van der Waals surface area contributed by atoms with Crippen molar-refractivity contribution in [3.8, 4) is 0 Å². The van der Waals surface area contributed by atoms with Crippen LogP contribution >= 0.6 is 0 Å². The van der Waals surface area contributed by atoms with Gasteiger partial charge in [-0.2, -0.15) is 0 Å². The van der Waals surface area contributed by atoms with E-state index in [1.54, 1.807) is 6.20 Å². The van der Waals surface area contributed by atoms with Crippen LogP contribution < -0.4 is 0 Å². The van der Waals surface area contributed by atoms with E-state index in [2.05, 4.69) is 10.3 Å². The summed E-state index contributed by atoms with van der Waals surface area (Å²) in [5, 5.41) is 8.44. The van der Waals surface area contributed by atoms with Crippen LogP contribution in [-0.2, 0) is 4.79 Å². The maximum atomic E-state index is 13.7. The maximum Gasteiger partial charge on any atom is 0.276 e. The van der Waals surface area contributed by atoms with Gasteiger partial charge in [0.15, 0.2) is 5.69 Å². The number of piperidine rings is 2. The molecule has 0 saturated carbocycles. The quantitative estimate of drug-likeness (QED) is 0.583. The lowest BCUT2D eigenvalue weighted by Gasteiger charge is -2.34. The van der Waals surface area contributed by atoms with Gasteiger partial charge in [-0.05, 0) is 43.2 Å². The van der Waals surface area contributed by atoms with E-state index in [0.717, 1.165) is 49.9 Å². The summed E-state index contributed by atoms with van der Waals surface area (Å²) in [6.45, 7) is 2.93. The number of nitrogens with zero attached hydrogens (tertiary/aromatic N) is 5. The third-order valence-electron chi connectivity index (χ3n) is 7.04. The lowest BCUT2D eigenvalue weighted by Crippen LogP contribution is -2.42. The molecule has 3 heterocycles. The highest BCUT2D eigenvalue weighted by molar-refractivity contribution is 5.92. The zero-order chi connectivity index (χ0) is 23.3. The Morgan fingerprint density at radius 2 is 1.35 bits per heavy atom. The summed E-state index contributed by atoms with van der Waals surface area (Å²) in [5.41, 5.74) is 2.45. The summed E-state index contributed by atoms with van der Waals surface area (Å²) in [7, 11) is 0. The number of amides is 2. The number of carbonyl (C=O) groups excluding carboxylic acids is 2. The molecule has 3 aromatic rings. The van der Waals surface area contributed by atoms with Crippen LogP contribution in [-0.4, -0.2) is 62.8 Å². The number of aromatic nitrogens is 3. The number of carbonyl (C=O) groups is 2. The summed E-state index contributed by atoms with van der Waals surface area (Å²) in [6, 6.07) is 20.1. The van der Waals surface area contributed by atoms with E-state index >= 15 is 0 Å². The van der Waals surface area contributed by atoms with Crippen molar-refractivity contribution in [2.24, 2.45) is 0 Å². The van der Waals surface area contributed by atoms with Crippen molar-refractivity contribution in [2.75, 3.05) is 26.2 Å². The van der Waals surface area contributed by atoms with Gasteiger partial charge in [0.25, 0.3) is 5.91 Å². The van der Waals surface area contributed by atoms with E-state index in [-0.39, 0.29) is 23.8 Å². The maximum absolute atomic E-state index is 13.7. The van der Waals surface area contributed by atoms with Gasteiger partial charge < -0.3 is 9.80 Å². The molecule has 7 heteroatoms. The molecule has 5 rings (SSSR count). The van der Waals surface area contributed by atoms with Crippen LogP contribution in [0.4, 0.5) is 0 Å². The smallest absolute Gasteiger partial charge is 0.276 e. The van der Waals surface area contributed by atoms with Crippen LogP contribution in [0, 0.1) is 0 Å². The average Bonchev–Trinajstić information content (AvgIpc) is 3.41. The fourth-order valence-electron chi connectivity index (χ4n) is 5.11. The second kappa shape index (κ2) is 10.2. The number of benzene rings is 2. The van der Waals surface area contributed by atoms with Gasteiger partial charge in [0.2, 0.25) is 5.91 Å². The van der Waals surface area contributed by atoms with Crippen molar-refractivity contribution in [3.05, 3.63) is 83.7 Å². The molecular weight excluding hydrogens is 426 g/mol. The number of hydrogen-bond acceptors (Lipinski definition) is 4. The largest absolute Gasteiger partial charge is 0.342 e. The third-order valence-corrected chi connectivity index (χ3v) is 7.04. The summed E-state index contributed by atoms with van der Waals surface area (Å²) in [5.74, 6) is -0.193. The van der Waals surface area contributed by atoms with Crippen LogP contribution in [0.1, 0.15) is 65.7 Å². The van der Waals surface area contributed by atoms with E-state index in [1.165, 1.54) is 6.42 Å². The molecule has 0 bridgehead atoms. The Labute approximate surface area is 200 Å². The molecule has 2 fully saturated rings. The summed E-state index contributed by atoms with van der Waals surface area (Å²) in [6.07, 6.45) is 6.67. The van der Waals surface area contributed by atoms with Gasteiger partial charge in [-0.3, -0.25) is 9.59 Å². The topological polar surface area (TPSA) is 71.3 Å². The molecule has 34 heavy (non-hydrogen) atoms. The SMILES string of the molecule is O=C(c1cn(C2CCN(C(=O)C(c3ccccc3)c3ccccc3)CC2)nn1)N1CCCCC1. The molecule has 2 aliphatic heterocycles.